The number of amides is 1. The highest BCUT2D eigenvalue weighted by Gasteiger charge is 2.29. The van der Waals surface area contributed by atoms with Gasteiger partial charge in [0, 0.05) is 16.8 Å². The van der Waals surface area contributed by atoms with Gasteiger partial charge < -0.3 is 4.90 Å². The summed E-state index contributed by atoms with van der Waals surface area (Å²) in [5.41, 5.74) is 2.60. The molecule has 23 heavy (non-hydrogen) atoms. The second kappa shape index (κ2) is 6.48. The molecule has 3 nitrogen and oxygen atoms in total. The van der Waals surface area contributed by atoms with E-state index in [4.69, 9.17) is 35.4 Å². The number of carbonyl (C=O) groups excluding carboxylic acids is 1. The van der Waals surface area contributed by atoms with E-state index < -0.39 is 0 Å². The van der Waals surface area contributed by atoms with Gasteiger partial charge in [0.15, 0.2) is 5.11 Å². The number of halogens is 2. The highest BCUT2D eigenvalue weighted by atomic mass is 35.5. The number of fused-ring (bicyclic) bond motifs is 1. The first-order chi connectivity index (χ1) is 11.0. The molecule has 0 radical (unpaired) electrons. The minimum atomic E-state index is -0.340. The third kappa shape index (κ3) is 3.20. The average molecular weight is 365 g/mol. The Bertz CT molecular complexity index is 794. The summed E-state index contributed by atoms with van der Waals surface area (Å²) in [7, 11) is 0. The van der Waals surface area contributed by atoms with Crippen LogP contribution in [0.1, 0.15) is 22.8 Å². The Morgan fingerprint density at radius 2 is 2.00 bits per heavy atom. The normalized spacial score (nSPS) is 16.1. The van der Waals surface area contributed by atoms with Gasteiger partial charge in [-0.3, -0.25) is 10.1 Å². The molecular formula is C17H14Cl2N2OS. The first kappa shape index (κ1) is 16.2. The van der Waals surface area contributed by atoms with Gasteiger partial charge in [-0.15, -0.1) is 0 Å². The second-order valence-electron chi connectivity index (χ2n) is 5.44. The maximum atomic E-state index is 12.4. The Morgan fingerprint density at radius 1 is 1.26 bits per heavy atom. The van der Waals surface area contributed by atoms with Crippen LogP contribution >= 0.6 is 35.4 Å². The number of nitrogens with zero attached hydrogens (tertiary/aromatic N) is 1. The molecule has 0 saturated heterocycles. The van der Waals surface area contributed by atoms with Crippen LogP contribution in [0.2, 0.25) is 10.0 Å². The van der Waals surface area contributed by atoms with E-state index in [0.29, 0.717) is 20.7 Å². The highest BCUT2D eigenvalue weighted by Crippen LogP contribution is 2.32. The fourth-order valence-electron chi connectivity index (χ4n) is 2.77. The molecule has 118 valence electrons. The van der Waals surface area contributed by atoms with Crippen LogP contribution in [0.3, 0.4) is 0 Å². The summed E-state index contributed by atoms with van der Waals surface area (Å²) in [5.74, 6) is -0.340. The van der Waals surface area contributed by atoms with Crippen molar-refractivity contribution in [3.63, 3.8) is 0 Å². The third-order valence-electron chi connectivity index (χ3n) is 3.82. The molecule has 0 aliphatic carbocycles. The van der Waals surface area contributed by atoms with Crippen molar-refractivity contribution in [1.82, 2.24) is 5.32 Å². The maximum absolute atomic E-state index is 12.4. The van der Waals surface area contributed by atoms with Crippen molar-refractivity contribution in [1.29, 1.82) is 0 Å². The van der Waals surface area contributed by atoms with Gasteiger partial charge in [0.1, 0.15) is 0 Å². The minimum absolute atomic E-state index is 0.195. The van der Waals surface area contributed by atoms with Gasteiger partial charge in [-0.25, -0.2) is 0 Å². The molecule has 2 aromatic rings. The minimum Gasteiger partial charge on any atom is -0.315 e. The summed E-state index contributed by atoms with van der Waals surface area (Å²) in [6.07, 6.45) is 0.897. The molecular weight excluding hydrogens is 351 g/mol. The number of carbonyl (C=O) groups is 1. The molecule has 1 aliphatic heterocycles. The van der Waals surface area contributed by atoms with E-state index in [-0.39, 0.29) is 11.9 Å². The van der Waals surface area contributed by atoms with Gasteiger partial charge in [0.2, 0.25) is 0 Å². The first-order valence-corrected chi connectivity index (χ1v) is 8.31. The van der Waals surface area contributed by atoms with E-state index in [1.54, 1.807) is 12.1 Å². The number of hydrogen-bond donors (Lipinski definition) is 1. The molecule has 1 aliphatic rings. The SMILES string of the molecule is C[C@H]1Cc2ccccc2N1C(=S)NC(=O)c1ccc(Cl)cc1Cl. The van der Waals surface area contributed by atoms with Crippen LogP contribution in [0, 0.1) is 0 Å². The van der Waals surface area contributed by atoms with E-state index >= 15 is 0 Å². The van der Waals surface area contributed by atoms with Crippen LogP contribution in [0.15, 0.2) is 42.5 Å². The zero-order valence-corrected chi connectivity index (χ0v) is 14.7. The van der Waals surface area contributed by atoms with E-state index in [2.05, 4.69) is 18.3 Å². The van der Waals surface area contributed by atoms with E-state index in [1.165, 1.54) is 11.6 Å². The molecule has 0 aromatic heterocycles. The van der Waals surface area contributed by atoms with Crippen LogP contribution in [-0.2, 0) is 6.42 Å². The monoisotopic (exact) mass is 364 g/mol. The van der Waals surface area contributed by atoms with Gasteiger partial charge in [-0.1, -0.05) is 41.4 Å². The smallest absolute Gasteiger partial charge is 0.258 e. The lowest BCUT2D eigenvalue weighted by atomic mass is 10.1. The van der Waals surface area contributed by atoms with E-state index in [0.717, 1.165) is 12.1 Å². The zero-order valence-electron chi connectivity index (χ0n) is 12.3. The summed E-state index contributed by atoms with van der Waals surface area (Å²) in [6.45, 7) is 2.08. The molecule has 1 amide bonds. The summed E-state index contributed by atoms with van der Waals surface area (Å²) in [6, 6.07) is 13.0. The van der Waals surface area contributed by atoms with Crippen LogP contribution in [0.5, 0.6) is 0 Å². The van der Waals surface area contributed by atoms with Crippen LogP contribution < -0.4 is 10.2 Å². The molecule has 0 spiro atoms. The fourth-order valence-corrected chi connectivity index (χ4v) is 3.64. The molecule has 1 N–H and O–H groups in total. The molecule has 0 fully saturated rings. The van der Waals surface area contributed by atoms with Crippen molar-refractivity contribution in [3.8, 4) is 0 Å². The second-order valence-corrected chi connectivity index (χ2v) is 6.67. The van der Waals surface area contributed by atoms with Gasteiger partial charge in [0.25, 0.3) is 5.91 Å². The quantitative estimate of drug-likeness (QED) is 0.758. The van der Waals surface area contributed by atoms with E-state index in [1.807, 2.05) is 23.1 Å². The summed E-state index contributed by atoms with van der Waals surface area (Å²) >= 11 is 17.4. The van der Waals surface area contributed by atoms with Gasteiger partial charge in [-0.2, -0.15) is 0 Å². The van der Waals surface area contributed by atoms with Crippen molar-refractivity contribution in [2.24, 2.45) is 0 Å². The molecule has 6 heteroatoms. The van der Waals surface area contributed by atoms with Crippen molar-refractivity contribution in [2.45, 2.75) is 19.4 Å². The standard InChI is InChI=1S/C17H14Cl2N2OS/c1-10-8-11-4-2-3-5-15(11)21(10)17(23)20-16(22)13-7-6-12(18)9-14(13)19/h2-7,9-10H,8H2,1H3,(H,20,22,23)/t10-/m0/s1. The van der Waals surface area contributed by atoms with Crippen molar-refractivity contribution < 1.29 is 4.79 Å². The molecule has 0 unspecified atom stereocenters. The van der Waals surface area contributed by atoms with Crippen LogP contribution in [-0.4, -0.2) is 17.1 Å². The summed E-state index contributed by atoms with van der Waals surface area (Å²) in [5, 5.41) is 3.92. The van der Waals surface area contributed by atoms with E-state index in [9.17, 15) is 4.79 Å². The van der Waals surface area contributed by atoms with Gasteiger partial charge >= 0.3 is 0 Å². The number of para-hydroxylation sites is 1. The van der Waals surface area contributed by atoms with Crippen molar-refractivity contribution in [2.75, 3.05) is 4.90 Å². The Morgan fingerprint density at radius 3 is 2.74 bits per heavy atom. The molecule has 3 rings (SSSR count). The van der Waals surface area contributed by atoms with Gasteiger partial charge in [0.05, 0.1) is 10.6 Å². The van der Waals surface area contributed by atoms with Crippen molar-refractivity contribution in [3.05, 3.63) is 63.6 Å². The number of thiocarbonyl (C=S) groups is 1. The molecule has 1 heterocycles. The average Bonchev–Trinajstić information content (AvgIpc) is 2.82. The number of nitrogens with one attached hydrogen (secondary N) is 1. The number of benzene rings is 2. The van der Waals surface area contributed by atoms with Crippen molar-refractivity contribution >= 4 is 52.1 Å². The number of rotatable bonds is 1. The molecule has 2 aromatic carbocycles. The summed E-state index contributed by atoms with van der Waals surface area (Å²) in [4.78, 5) is 14.4. The highest BCUT2D eigenvalue weighted by molar-refractivity contribution is 7.80. The fraction of sp³-hybridized carbons (Fsp3) is 0.176. The predicted octanol–water partition coefficient (Wildman–Crippen LogP) is 4.46. The Hall–Kier alpha value is -1.62. The van der Waals surface area contributed by atoms with Gasteiger partial charge in [-0.05, 0) is 55.4 Å². The molecule has 1 atom stereocenters. The third-order valence-corrected chi connectivity index (χ3v) is 4.67. The first-order valence-electron chi connectivity index (χ1n) is 7.15. The Labute approximate surface area is 150 Å². The Kier molecular flexibility index (Phi) is 4.57. The zero-order chi connectivity index (χ0) is 16.6. The van der Waals surface area contributed by atoms with Crippen LogP contribution in [0.4, 0.5) is 5.69 Å². The lowest BCUT2D eigenvalue weighted by Crippen LogP contribution is -2.45. The largest absolute Gasteiger partial charge is 0.315 e. The number of hydrogen-bond acceptors (Lipinski definition) is 2. The Balaban J connectivity index is 1.81. The maximum Gasteiger partial charge on any atom is 0.258 e. The molecule has 0 saturated carbocycles. The topological polar surface area (TPSA) is 32.3 Å². The lowest BCUT2D eigenvalue weighted by Gasteiger charge is -2.25. The lowest BCUT2D eigenvalue weighted by molar-refractivity contribution is 0.0977. The summed E-state index contributed by atoms with van der Waals surface area (Å²) < 4.78 is 0. The number of anilines is 1. The predicted molar refractivity (Wildman–Crippen MR) is 98.6 cm³/mol. The molecule has 0 bridgehead atoms. The van der Waals surface area contributed by atoms with Crippen LogP contribution in [0.25, 0.3) is 0 Å².